The number of hydrogen-bond acceptors (Lipinski definition) is 3. The Bertz CT molecular complexity index is 333. The number of alkyl halides is 3. The number of aliphatic carboxylic acids is 1. The lowest BCUT2D eigenvalue weighted by Gasteiger charge is -2.15. The zero-order valence-electron chi connectivity index (χ0n) is 10.3. The summed E-state index contributed by atoms with van der Waals surface area (Å²) in [6, 6.07) is 0. The molecule has 0 heterocycles. The second-order valence-electron chi connectivity index (χ2n) is 3.45. The Balaban J connectivity index is 0. The Morgan fingerprint density at radius 3 is 1.67 bits per heavy atom. The third kappa shape index (κ3) is 9.44. The Hall–Kier alpha value is -1.79. The van der Waals surface area contributed by atoms with E-state index in [0.717, 1.165) is 6.92 Å². The highest BCUT2D eigenvalue weighted by atomic mass is 19.4. The molecular weight excluding hydrogens is 253 g/mol. The molecule has 0 radical (unpaired) electrons. The molecule has 0 spiro atoms. The van der Waals surface area contributed by atoms with Gasteiger partial charge in [-0.25, -0.2) is 9.59 Å². The van der Waals surface area contributed by atoms with E-state index in [0.29, 0.717) is 0 Å². The third-order valence-corrected chi connectivity index (χ3v) is 1.46. The number of carbonyl (C=O) groups excluding carboxylic acids is 1. The zero-order valence-corrected chi connectivity index (χ0v) is 10.3. The van der Waals surface area contributed by atoms with Crippen molar-refractivity contribution in [3.8, 4) is 0 Å². The van der Waals surface area contributed by atoms with Crippen molar-refractivity contribution in [2.45, 2.75) is 33.1 Å². The first kappa shape index (κ1) is 18.6. The molecule has 1 unspecified atom stereocenters. The molecular formula is C11H15F3O4. The maximum atomic E-state index is 11.8. The average molecular weight is 268 g/mol. The number of ether oxygens (including phenoxy) is 1. The molecule has 4 nitrogen and oxygen atoms in total. The average Bonchev–Trinajstić information content (AvgIpc) is 2.16. The highest BCUT2D eigenvalue weighted by Crippen LogP contribution is 2.22. The number of carbonyl (C=O) groups is 2. The van der Waals surface area contributed by atoms with Gasteiger partial charge in [-0.05, 0) is 20.8 Å². The Morgan fingerprint density at radius 2 is 1.50 bits per heavy atom. The van der Waals surface area contributed by atoms with E-state index < -0.39 is 24.2 Å². The van der Waals surface area contributed by atoms with E-state index in [1.165, 1.54) is 13.8 Å². The normalized spacial score (nSPS) is 11.7. The van der Waals surface area contributed by atoms with Crippen molar-refractivity contribution in [1.82, 2.24) is 0 Å². The molecule has 18 heavy (non-hydrogen) atoms. The number of carboxylic acid groups (broad SMARTS) is 1. The van der Waals surface area contributed by atoms with Crippen LogP contribution in [0.5, 0.6) is 0 Å². The highest BCUT2D eigenvalue weighted by molar-refractivity contribution is 5.87. The monoisotopic (exact) mass is 268 g/mol. The highest BCUT2D eigenvalue weighted by Gasteiger charge is 2.39. The van der Waals surface area contributed by atoms with Crippen molar-refractivity contribution in [2.24, 2.45) is 0 Å². The topological polar surface area (TPSA) is 63.6 Å². The van der Waals surface area contributed by atoms with Gasteiger partial charge in [-0.15, -0.1) is 0 Å². The minimum atomic E-state index is -4.51. The molecule has 0 aliphatic heterocycles. The minimum absolute atomic E-state index is 0.0499. The molecule has 0 fully saturated rings. The smallest absolute Gasteiger partial charge is 0.425 e. The summed E-state index contributed by atoms with van der Waals surface area (Å²) >= 11 is 0. The van der Waals surface area contributed by atoms with Gasteiger partial charge in [0.05, 0.1) is 0 Å². The van der Waals surface area contributed by atoms with Crippen LogP contribution in [0.15, 0.2) is 24.3 Å². The molecule has 0 aromatic carbocycles. The van der Waals surface area contributed by atoms with Crippen molar-refractivity contribution in [2.75, 3.05) is 0 Å². The SMILES string of the molecule is C=C(C)C(=O)O.C=C(C)C(=O)OC(C)C(F)(F)F. The maximum absolute atomic E-state index is 11.8. The van der Waals surface area contributed by atoms with Crippen molar-refractivity contribution >= 4 is 11.9 Å². The van der Waals surface area contributed by atoms with Gasteiger partial charge in [0.15, 0.2) is 6.10 Å². The lowest BCUT2D eigenvalue weighted by atomic mass is 10.3. The Morgan fingerprint density at radius 1 is 1.17 bits per heavy atom. The summed E-state index contributed by atoms with van der Waals surface area (Å²) < 4.78 is 39.3. The van der Waals surface area contributed by atoms with E-state index in [2.05, 4.69) is 17.9 Å². The fourth-order valence-corrected chi connectivity index (χ4v) is 0.328. The lowest BCUT2D eigenvalue weighted by Crippen LogP contribution is -2.30. The molecule has 0 amide bonds. The molecule has 104 valence electrons. The minimum Gasteiger partial charge on any atom is -0.478 e. The van der Waals surface area contributed by atoms with Crippen LogP contribution in [0.4, 0.5) is 13.2 Å². The number of rotatable bonds is 3. The van der Waals surface area contributed by atoms with E-state index in [-0.39, 0.29) is 11.1 Å². The second-order valence-corrected chi connectivity index (χ2v) is 3.45. The molecule has 7 heteroatoms. The maximum Gasteiger partial charge on any atom is 0.425 e. The van der Waals surface area contributed by atoms with Crippen LogP contribution in [0.1, 0.15) is 20.8 Å². The molecule has 0 saturated heterocycles. The molecule has 0 bridgehead atoms. The van der Waals surface area contributed by atoms with Crippen LogP contribution < -0.4 is 0 Å². The predicted octanol–water partition coefficient (Wildman–Crippen LogP) is 2.70. The van der Waals surface area contributed by atoms with Crippen LogP contribution in [0.25, 0.3) is 0 Å². The van der Waals surface area contributed by atoms with Crippen molar-refractivity contribution in [3.05, 3.63) is 24.3 Å². The molecule has 0 aliphatic rings. The molecule has 1 atom stereocenters. The molecule has 0 aromatic rings. The summed E-state index contributed by atoms with van der Waals surface area (Å²) in [5, 5.41) is 7.89. The molecule has 1 N–H and O–H groups in total. The van der Waals surface area contributed by atoms with E-state index in [1.54, 1.807) is 0 Å². The van der Waals surface area contributed by atoms with Gasteiger partial charge in [0.1, 0.15) is 0 Å². The van der Waals surface area contributed by atoms with E-state index in [4.69, 9.17) is 5.11 Å². The van der Waals surface area contributed by atoms with E-state index in [1.807, 2.05) is 0 Å². The number of halogens is 3. The van der Waals surface area contributed by atoms with E-state index in [9.17, 15) is 22.8 Å². The van der Waals surface area contributed by atoms with Crippen LogP contribution in [0, 0.1) is 0 Å². The van der Waals surface area contributed by atoms with Gasteiger partial charge >= 0.3 is 18.1 Å². The summed E-state index contributed by atoms with van der Waals surface area (Å²) in [7, 11) is 0. The van der Waals surface area contributed by atoms with Gasteiger partial charge in [0, 0.05) is 11.1 Å². The summed E-state index contributed by atoms with van der Waals surface area (Å²) in [6.45, 7) is 9.80. The molecule has 0 saturated carbocycles. The third-order valence-electron chi connectivity index (χ3n) is 1.46. The predicted molar refractivity (Wildman–Crippen MR) is 58.9 cm³/mol. The number of hydrogen-bond donors (Lipinski definition) is 1. The van der Waals surface area contributed by atoms with Crippen LogP contribution in [-0.2, 0) is 14.3 Å². The quantitative estimate of drug-likeness (QED) is 0.631. The van der Waals surface area contributed by atoms with Crippen molar-refractivity contribution in [1.29, 1.82) is 0 Å². The number of esters is 1. The summed E-state index contributed by atoms with van der Waals surface area (Å²) in [6.07, 6.45) is -6.59. The zero-order chi connectivity index (χ0) is 15.1. The fourth-order valence-electron chi connectivity index (χ4n) is 0.328. The summed E-state index contributed by atoms with van der Waals surface area (Å²) in [5.74, 6) is -1.96. The molecule has 0 aliphatic carbocycles. The van der Waals surface area contributed by atoms with Crippen LogP contribution >= 0.6 is 0 Å². The first-order valence-corrected chi connectivity index (χ1v) is 4.71. The Kier molecular flexibility index (Phi) is 7.76. The molecule has 0 rings (SSSR count). The molecule has 0 aromatic heterocycles. The van der Waals surface area contributed by atoms with Crippen molar-refractivity contribution < 1.29 is 32.6 Å². The fraction of sp³-hybridized carbons (Fsp3) is 0.455. The lowest BCUT2D eigenvalue weighted by molar-refractivity contribution is -0.213. The second kappa shape index (κ2) is 7.52. The van der Waals surface area contributed by atoms with Crippen molar-refractivity contribution in [3.63, 3.8) is 0 Å². The first-order valence-electron chi connectivity index (χ1n) is 4.71. The van der Waals surface area contributed by atoms with Crippen LogP contribution in [-0.4, -0.2) is 29.3 Å². The Labute approximate surface area is 103 Å². The van der Waals surface area contributed by atoms with Crippen LogP contribution in [0.3, 0.4) is 0 Å². The summed E-state index contributed by atoms with van der Waals surface area (Å²) in [5.41, 5.74) is 0.126. The summed E-state index contributed by atoms with van der Waals surface area (Å²) in [4.78, 5) is 20.2. The van der Waals surface area contributed by atoms with Gasteiger partial charge in [-0.3, -0.25) is 0 Å². The first-order chi connectivity index (χ1) is 7.89. The van der Waals surface area contributed by atoms with E-state index >= 15 is 0 Å². The van der Waals surface area contributed by atoms with Gasteiger partial charge < -0.3 is 9.84 Å². The van der Waals surface area contributed by atoms with Gasteiger partial charge in [-0.1, -0.05) is 13.2 Å². The van der Waals surface area contributed by atoms with Crippen LogP contribution in [0.2, 0.25) is 0 Å². The number of carboxylic acids is 1. The van der Waals surface area contributed by atoms with Gasteiger partial charge in [0.25, 0.3) is 0 Å². The largest absolute Gasteiger partial charge is 0.478 e. The van der Waals surface area contributed by atoms with Gasteiger partial charge in [0.2, 0.25) is 0 Å². The van der Waals surface area contributed by atoms with Gasteiger partial charge in [-0.2, -0.15) is 13.2 Å². The standard InChI is InChI=1S/C7H9F3O2.C4H6O2/c1-4(2)6(11)12-5(3)7(8,9)10;1-3(2)4(5)6/h5H,1H2,2-3H3;1H2,2H3,(H,5,6).